The van der Waals surface area contributed by atoms with E-state index in [-0.39, 0.29) is 35.0 Å². The smallest absolute Gasteiger partial charge is 0.276 e. The average molecular weight is 379 g/mol. The van der Waals surface area contributed by atoms with Crippen LogP contribution in [0.4, 0.5) is 5.69 Å². The van der Waals surface area contributed by atoms with Gasteiger partial charge < -0.3 is 10.5 Å². The highest BCUT2D eigenvalue weighted by Gasteiger charge is 2.29. The molecule has 0 saturated heterocycles. The van der Waals surface area contributed by atoms with Crippen molar-refractivity contribution in [2.75, 3.05) is 24.5 Å². The number of hydrogen-bond donors (Lipinski definition) is 3. The number of carbonyl (C=O) groups excluding carboxylic acids is 1. The van der Waals surface area contributed by atoms with Crippen molar-refractivity contribution in [1.29, 1.82) is 0 Å². The van der Waals surface area contributed by atoms with Crippen LogP contribution in [0.2, 0.25) is 0 Å². The van der Waals surface area contributed by atoms with Crippen LogP contribution < -0.4 is 20.3 Å². The molecule has 8 nitrogen and oxygen atoms in total. The second-order valence-electron chi connectivity index (χ2n) is 5.47. The maximum absolute atomic E-state index is 13.2. The Labute approximate surface area is 152 Å². The number of para-hydroxylation sites is 2. The summed E-state index contributed by atoms with van der Waals surface area (Å²) in [6, 6.07) is 10.9. The first-order valence-electron chi connectivity index (χ1n) is 7.79. The lowest BCUT2D eigenvalue weighted by Crippen LogP contribution is -2.31. The molecule has 0 bridgehead atoms. The zero-order valence-corrected chi connectivity index (χ0v) is 15.3. The van der Waals surface area contributed by atoms with E-state index in [0.717, 1.165) is 4.31 Å². The minimum atomic E-state index is -4.03. The lowest BCUT2D eigenvalue weighted by Gasteiger charge is -2.24. The highest BCUT2D eigenvalue weighted by Crippen LogP contribution is 2.32. The largest absolute Gasteiger partial charge is 0.491 e. The van der Waals surface area contributed by atoms with Gasteiger partial charge in [0, 0.05) is 13.6 Å². The summed E-state index contributed by atoms with van der Waals surface area (Å²) < 4.78 is 32.7. The summed E-state index contributed by atoms with van der Waals surface area (Å²) in [6.45, 7) is 2.08. The van der Waals surface area contributed by atoms with Crippen LogP contribution in [0.5, 0.6) is 5.75 Å². The number of nitrogens with two attached hydrogens (primary N) is 1. The molecule has 0 saturated carbocycles. The number of ether oxygens (including phenoxy) is 1. The molecule has 0 aromatic heterocycles. The number of amides is 1. The number of sulfonamides is 1. The monoisotopic (exact) mass is 379 g/mol. The molecule has 0 aliphatic carbocycles. The van der Waals surface area contributed by atoms with Gasteiger partial charge in [-0.3, -0.25) is 14.3 Å². The molecule has 0 atom stereocenters. The van der Waals surface area contributed by atoms with E-state index in [1.807, 2.05) is 0 Å². The Morgan fingerprint density at radius 1 is 1.23 bits per heavy atom. The third-order valence-corrected chi connectivity index (χ3v) is 5.56. The molecule has 2 aromatic rings. The SMILES string of the molecule is Cc1cccc(C(=O)NO)c1N(C)S(=O)(=O)c1ccccc1OCCN. The molecular formula is C17H21N3O5S. The Morgan fingerprint density at radius 2 is 1.92 bits per heavy atom. The number of hydrogen-bond acceptors (Lipinski definition) is 6. The molecule has 2 aromatic carbocycles. The first-order chi connectivity index (χ1) is 12.3. The van der Waals surface area contributed by atoms with E-state index in [9.17, 15) is 13.2 Å². The van der Waals surface area contributed by atoms with E-state index < -0.39 is 15.9 Å². The Morgan fingerprint density at radius 3 is 2.58 bits per heavy atom. The summed E-state index contributed by atoms with van der Waals surface area (Å²) in [7, 11) is -2.70. The van der Waals surface area contributed by atoms with Crippen LogP contribution in [0.3, 0.4) is 0 Å². The highest BCUT2D eigenvalue weighted by atomic mass is 32.2. The second kappa shape index (κ2) is 8.17. The van der Waals surface area contributed by atoms with Crippen molar-refractivity contribution in [3.63, 3.8) is 0 Å². The summed E-state index contributed by atoms with van der Waals surface area (Å²) >= 11 is 0. The molecule has 0 spiro atoms. The predicted molar refractivity (Wildman–Crippen MR) is 97.0 cm³/mol. The zero-order valence-electron chi connectivity index (χ0n) is 14.5. The Kier molecular flexibility index (Phi) is 6.19. The van der Waals surface area contributed by atoms with Crippen LogP contribution in [0.15, 0.2) is 47.4 Å². The van der Waals surface area contributed by atoms with Gasteiger partial charge in [-0.05, 0) is 30.7 Å². The van der Waals surface area contributed by atoms with Crippen molar-refractivity contribution in [2.24, 2.45) is 5.73 Å². The maximum atomic E-state index is 13.2. The average Bonchev–Trinajstić information content (AvgIpc) is 2.65. The molecule has 140 valence electrons. The van der Waals surface area contributed by atoms with Gasteiger partial charge in [0.25, 0.3) is 15.9 Å². The number of anilines is 1. The minimum absolute atomic E-state index is 0.0268. The third-order valence-electron chi connectivity index (χ3n) is 3.76. The third kappa shape index (κ3) is 3.79. The summed E-state index contributed by atoms with van der Waals surface area (Å²) in [6.07, 6.45) is 0. The zero-order chi connectivity index (χ0) is 19.3. The number of aryl methyl sites for hydroxylation is 1. The fourth-order valence-electron chi connectivity index (χ4n) is 2.54. The van der Waals surface area contributed by atoms with Crippen LogP contribution in [0.1, 0.15) is 15.9 Å². The fourth-order valence-corrected chi connectivity index (χ4v) is 3.95. The quantitative estimate of drug-likeness (QED) is 0.492. The molecule has 2 rings (SSSR count). The molecule has 4 N–H and O–H groups in total. The van der Waals surface area contributed by atoms with Gasteiger partial charge >= 0.3 is 0 Å². The summed E-state index contributed by atoms with van der Waals surface area (Å²) in [4.78, 5) is 11.9. The number of nitrogens with zero attached hydrogens (tertiary/aromatic N) is 1. The van der Waals surface area contributed by atoms with Crippen LogP contribution >= 0.6 is 0 Å². The van der Waals surface area contributed by atoms with Gasteiger partial charge in [-0.1, -0.05) is 24.3 Å². The van der Waals surface area contributed by atoms with E-state index in [2.05, 4.69) is 0 Å². The van der Waals surface area contributed by atoms with Gasteiger partial charge in [-0.15, -0.1) is 0 Å². The van der Waals surface area contributed by atoms with Crippen molar-refractivity contribution in [2.45, 2.75) is 11.8 Å². The molecule has 0 aliphatic heterocycles. The number of benzene rings is 2. The Hall–Kier alpha value is -2.62. The molecule has 0 heterocycles. The summed E-state index contributed by atoms with van der Waals surface area (Å²) in [5.41, 5.74) is 7.70. The van der Waals surface area contributed by atoms with Crippen molar-refractivity contribution >= 4 is 21.6 Å². The van der Waals surface area contributed by atoms with Crippen LogP contribution in [-0.4, -0.2) is 39.7 Å². The topological polar surface area (TPSA) is 122 Å². The first-order valence-corrected chi connectivity index (χ1v) is 9.23. The number of hydroxylamine groups is 1. The van der Waals surface area contributed by atoms with E-state index in [1.54, 1.807) is 31.2 Å². The van der Waals surface area contributed by atoms with Crippen molar-refractivity contribution in [3.8, 4) is 5.75 Å². The van der Waals surface area contributed by atoms with E-state index in [1.165, 1.54) is 30.7 Å². The number of carbonyl (C=O) groups is 1. The maximum Gasteiger partial charge on any atom is 0.276 e. The lowest BCUT2D eigenvalue weighted by molar-refractivity contribution is 0.0707. The minimum Gasteiger partial charge on any atom is -0.491 e. The van der Waals surface area contributed by atoms with Crippen molar-refractivity contribution < 1.29 is 23.2 Å². The summed E-state index contributed by atoms with van der Waals surface area (Å²) in [5, 5.41) is 8.95. The molecule has 9 heteroatoms. The Balaban J connectivity index is 2.57. The lowest BCUT2D eigenvalue weighted by atomic mass is 10.1. The van der Waals surface area contributed by atoms with E-state index in [4.69, 9.17) is 15.7 Å². The number of nitrogens with one attached hydrogen (secondary N) is 1. The molecule has 26 heavy (non-hydrogen) atoms. The standard InChI is InChI=1S/C17H21N3O5S/c1-12-6-5-7-13(17(21)19-22)16(12)20(2)26(23,24)15-9-4-3-8-14(15)25-11-10-18/h3-9,22H,10-11,18H2,1-2H3,(H,19,21). The molecule has 0 fully saturated rings. The first kappa shape index (κ1) is 19.7. The molecule has 0 unspecified atom stereocenters. The second-order valence-corrected chi connectivity index (χ2v) is 7.41. The van der Waals surface area contributed by atoms with Gasteiger partial charge in [-0.2, -0.15) is 0 Å². The van der Waals surface area contributed by atoms with E-state index >= 15 is 0 Å². The highest BCUT2D eigenvalue weighted by molar-refractivity contribution is 7.93. The predicted octanol–water partition coefficient (Wildman–Crippen LogP) is 1.28. The number of rotatable bonds is 7. The van der Waals surface area contributed by atoms with Gasteiger partial charge in [0.1, 0.15) is 17.3 Å². The van der Waals surface area contributed by atoms with Crippen molar-refractivity contribution in [3.05, 3.63) is 53.6 Å². The molecule has 1 amide bonds. The normalized spacial score (nSPS) is 11.1. The van der Waals surface area contributed by atoms with Gasteiger partial charge in [-0.25, -0.2) is 13.9 Å². The molecular weight excluding hydrogens is 358 g/mol. The van der Waals surface area contributed by atoms with Crippen LogP contribution in [-0.2, 0) is 10.0 Å². The molecule has 0 aliphatic rings. The fraction of sp³-hybridized carbons (Fsp3) is 0.235. The van der Waals surface area contributed by atoms with E-state index in [0.29, 0.717) is 5.56 Å². The van der Waals surface area contributed by atoms with Crippen LogP contribution in [0, 0.1) is 6.92 Å². The van der Waals surface area contributed by atoms with Gasteiger partial charge in [0.15, 0.2) is 0 Å². The van der Waals surface area contributed by atoms with Gasteiger partial charge in [0.2, 0.25) is 0 Å². The van der Waals surface area contributed by atoms with Crippen molar-refractivity contribution in [1.82, 2.24) is 5.48 Å². The van der Waals surface area contributed by atoms with Gasteiger partial charge in [0.05, 0.1) is 11.3 Å². The van der Waals surface area contributed by atoms with Crippen LogP contribution in [0.25, 0.3) is 0 Å². The summed E-state index contributed by atoms with van der Waals surface area (Å²) in [5.74, 6) is -0.634. The molecule has 0 radical (unpaired) electrons. The Bertz CT molecular complexity index is 899.